The number of phenolic OH excluding ortho intramolecular Hbond substituents is 1. The topological polar surface area (TPSA) is 29.5 Å². The zero-order valence-electron chi connectivity index (χ0n) is 9.08. The highest BCUT2D eigenvalue weighted by molar-refractivity contribution is 6.69. The van der Waals surface area contributed by atoms with Crippen LogP contribution in [0.5, 0.6) is 5.75 Å². The van der Waals surface area contributed by atoms with E-state index in [-0.39, 0.29) is 0 Å². The van der Waals surface area contributed by atoms with Crippen molar-refractivity contribution in [2.75, 3.05) is 6.61 Å². The van der Waals surface area contributed by atoms with E-state index in [0.717, 1.165) is 12.0 Å². The Balaban J connectivity index is 2.43. The Morgan fingerprint density at radius 1 is 1.21 bits per heavy atom. The van der Waals surface area contributed by atoms with E-state index in [2.05, 4.69) is 19.6 Å². The summed E-state index contributed by atoms with van der Waals surface area (Å²) in [5.74, 6) is 0.367. The van der Waals surface area contributed by atoms with Crippen LogP contribution in [0.1, 0.15) is 5.56 Å². The van der Waals surface area contributed by atoms with Crippen LogP contribution in [-0.2, 0) is 10.8 Å². The summed E-state index contributed by atoms with van der Waals surface area (Å²) in [6, 6.07) is 7.41. The monoisotopic (exact) mass is 210 g/mol. The number of benzene rings is 1. The average Bonchev–Trinajstić information content (AvgIpc) is 2.06. The molecule has 0 heterocycles. The Morgan fingerprint density at radius 3 is 2.43 bits per heavy atom. The van der Waals surface area contributed by atoms with Gasteiger partial charge in [0.1, 0.15) is 5.75 Å². The molecule has 1 aromatic carbocycles. The second kappa shape index (κ2) is 4.62. The second-order valence-electron chi connectivity index (χ2n) is 4.34. The summed E-state index contributed by atoms with van der Waals surface area (Å²) in [5, 5.41) is 9.50. The standard InChI is InChI=1S/C11H18O2Si/c1-14(2,3)13-9-8-10-6-4-5-7-11(10)12/h4-7,12H,8-9H2,1-3H3. The molecule has 0 unspecified atom stereocenters. The first-order chi connectivity index (χ1) is 6.49. The van der Waals surface area contributed by atoms with Crippen LogP contribution < -0.4 is 0 Å². The molecular formula is C11H18O2Si. The van der Waals surface area contributed by atoms with Crippen LogP contribution in [0, 0.1) is 0 Å². The van der Waals surface area contributed by atoms with Gasteiger partial charge >= 0.3 is 0 Å². The largest absolute Gasteiger partial charge is 0.508 e. The highest BCUT2D eigenvalue weighted by Crippen LogP contribution is 2.16. The summed E-state index contributed by atoms with van der Waals surface area (Å²) in [7, 11) is -1.41. The summed E-state index contributed by atoms with van der Waals surface area (Å²) in [4.78, 5) is 0. The van der Waals surface area contributed by atoms with Crippen LogP contribution in [0.4, 0.5) is 0 Å². The van der Waals surface area contributed by atoms with Gasteiger partial charge in [-0.1, -0.05) is 18.2 Å². The van der Waals surface area contributed by atoms with E-state index in [1.54, 1.807) is 6.07 Å². The van der Waals surface area contributed by atoms with Crippen molar-refractivity contribution < 1.29 is 9.53 Å². The van der Waals surface area contributed by atoms with Crippen molar-refractivity contribution in [1.29, 1.82) is 0 Å². The van der Waals surface area contributed by atoms with E-state index in [1.807, 2.05) is 18.2 Å². The molecule has 0 atom stereocenters. The average molecular weight is 210 g/mol. The fourth-order valence-corrected chi connectivity index (χ4v) is 1.90. The van der Waals surface area contributed by atoms with Crippen LogP contribution in [0.2, 0.25) is 19.6 Å². The first kappa shape index (κ1) is 11.3. The van der Waals surface area contributed by atoms with Crippen molar-refractivity contribution >= 4 is 8.32 Å². The predicted molar refractivity (Wildman–Crippen MR) is 61.1 cm³/mol. The smallest absolute Gasteiger partial charge is 0.183 e. The molecule has 0 spiro atoms. The van der Waals surface area contributed by atoms with Gasteiger partial charge in [0, 0.05) is 6.61 Å². The molecule has 0 bridgehead atoms. The lowest BCUT2D eigenvalue weighted by Crippen LogP contribution is -2.26. The minimum atomic E-state index is -1.41. The molecule has 3 heteroatoms. The first-order valence-corrected chi connectivity index (χ1v) is 8.31. The Morgan fingerprint density at radius 2 is 1.86 bits per heavy atom. The molecule has 0 aliphatic carbocycles. The predicted octanol–water partition coefficient (Wildman–Crippen LogP) is 2.79. The lowest BCUT2D eigenvalue weighted by molar-refractivity contribution is 0.313. The van der Waals surface area contributed by atoms with Gasteiger partial charge in [0.25, 0.3) is 0 Å². The number of aromatic hydroxyl groups is 1. The molecule has 14 heavy (non-hydrogen) atoms. The van der Waals surface area contributed by atoms with Crippen LogP contribution in [-0.4, -0.2) is 20.0 Å². The Kier molecular flexibility index (Phi) is 3.72. The Bertz CT molecular complexity index is 292. The zero-order valence-corrected chi connectivity index (χ0v) is 10.1. The maximum Gasteiger partial charge on any atom is 0.183 e. The molecule has 0 radical (unpaired) electrons. The van der Waals surface area contributed by atoms with Gasteiger partial charge in [0.2, 0.25) is 0 Å². The molecule has 0 fully saturated rings. The van der Waals surface area contributed by atoms with E-state index < -0.39 is 8.32 Å². The van der Waals surface area contributed by atoms with Gasteiger partial charge in [-0.05, 0) is 37.7 Å². The molecule has 2 nitrogen and oxygen atoms in total. The molecule has 0 saturated carbocycles. The van der Waals surface area contributed by atoms with Gasteiger partial charge in [-0.2, -0.15) is 0 Å². The second-order valence-corrected chi connectivity index (χ2v) is 8.85. The van der Waals surface area contributed by atoms with Gasteiger partial charge in [-0.3, -0.25) is 0 Å². The summed E-state index contributed by atoms with van der Waals surface area (Å²) >= 11 is 0. The molecule has 1 N–H and O–H groups in total. The molecule has 78 valence electrons. The van der Waals surface area contributed by atoms with Gasteiger partial charge in [-0.15, -0.1) is 0 Å². The fraction of sp³-hybridized carbons (Fsp3) is 0.455. The van der Waals surface area contributed by atoms with Crippen molar-refractivity contribution in [3.8, 4) is 5.75 Å². The molecule has 0 aliphatic rings. The normalized spacial score (nSPS) is 11.6. The minimum Gasteiger partial charge on any atom is -0.508 e. The van der Waals surface area contributed by atoms with E-state index in [0.29, 0.717) is 12.4 Å². The minimum absolute atomic E-state index is 0.367. The van der Waals surface area contributed by atoms with E-state index in [4.69, 9.17) is 4.43 Å². The van der Waals surface area contributed by atoms with Crippen molar-refractivity contribution in [2.45, 2.75) is 26.1 Å². The summed E-state index contributed by atoms with van der Waals surface area (Å²) in [6.07, 6.45) is 0.789. The summed E-state index contributed by atoms with van der Waals surface area (Å²) < 4.78 is 5.72. The third-order valence-corrected chi connectivity index (χ3v) is 2.97. The SMILES string of the molecule is C[Si](C)(C)OCCc1ccccc1O. The van der Waals surface area contributed by atoms with Crippen molar-refractivity contribution in [2.24, 2.45) is 0 Å². The lowest BCUT2D eigenvalue weighted by atomic mass is 10.1. The Labute approximate surface area is 86.7 Å². The lowest BCUT2D eigenvalue weighted by Gasteiger charge is -2.17. The van der Waals surface area contributed by atoms with E-state index >= 15 is 0 Å². The van der Waals surface area contributed by atoms with Crippen molar-refractivity contribution in [3.63, 3.8) is 0 Å². The quantitative estimate of drug-likeness (QED) is 0.774. The van der Waals surface area contributed by atoms with E-state index in [9.17, 15) is 5.11 Å². The molecule has 0 saturated heterocycles. The number of phenols is 1. The van der Waals surface area contributed by atoms with E-state index in [1.165, 1.54) is 0 Å². The first-order valence-electron chi connectivity index (χ1n) is 4.90. The van der Waals surface area contributed by atoms with Crippen molar-refractivity contribution in [3.05, 3.63) is 29.8 Å². The van der Waals surface area contributed by atoms with Crippen LogP contribution in [0.3, 0.4) is 0 Å². The molecular weight excluding hydrogens is 192 g/mol. The maximum absolute atomic E-state index is 9.50. The van der Waals surface area contributed by atoms with Gasteiger partial charge in [0.15, 0.2) is 8.32 Å². The highest BCUT2D eigenvalue weighted by Gasteiger charge is 2.13. The third kappa shape index (κ3) is 3.94. The number of hydrogen-bond donors (Lipinski definition) is 1. The molecule has 0 aromatic heterocycles. The summed E-state index contributed by atoms with van der Waals surface area (Å²) in [5.41, 5.74) is 0.964. The number of rotatable bonds is 4. The third-order valence-electron chi connectivity index (χ3n) is 1.90. The Hall–Kier alpha value is -0.803. The molecule has 1 rings (SSSR count). The van der Waals surface area contributed by atoms with Gasteiger partial charge < -0.3 is 9.53 Å². The molecule has 0 aliphatic heterocycles. The molecule has 1 aromatic rings. The van der Waals surface area contributed by atoms with Crippen LogP contribution >= 0.6 is 0 Å². The maximum atomic E-state index is 9.50. The zero-order chi connectivity index (χ0) is 10.6. The van der Waals surface area contributed by atoms with Crippen LogP contribution in [0.15, 0.2) is 24.3 Å². The number of para-hydroxylation sites is 1. The fourth-order valence-electron chi connectivity index (χ4n) is 1.19. The van der Waals surface area contributed by atoms with Gasteiger partial charge in [-0.25, -0.2) is 0 Å². The van der Waals surface area contributed by atoms with Crippen LogP contribution in [0.25, 0.3) is 0 Å². The van der Waals surface area contributed by atoms with Crippen molar-refractivity contribution in [1.82, 2.24) is 0 Å². The van der Waals surface area contributed by atoms with Gasteiger partial charge in [0.05, 0.1) is 0 Å². The summed E-state index contributed by atoms with van der Waals surface area (Å²) in [6.45, 7) is 7.20. The highest BCUT2D eigenvalue weighted by atomic mass is 28.4. The molecule has 0 amide bonds. The number of hydrogen-bond acceptors (Lipinski definition) is 2.